The highest BCUT2D eigenvalue weighted by atomic mass is 16.6. The first-order valence-electron chi connectivity index (χ1n) is 9.64. The Morgan fingerprint density at radius 3 is 2.00 bits per heavy atom. The summed E-state index contributed by atoms with van der Waals surface area (Å²) in [4.78, 5) is 24.4. The van der Waals surface area contributed by atoms with Crippen LogP contribution in [0.5, 0.6) is 23.0 Å². The molecule has 0 atom stereocenters. The monoisotopic (exact) mass is 388 g/mol. The lowest BCUT2D eigenvalue weighted by atomic mass is 10.1. The number of methoxy groups -OCH3 is 2. The van der Waals surface area contributed by atoms with Gasteiger partial charge in [0.1, 0.15) is 11.5 Å². The smallest absolute Gasteiger partial charge is 0.311 e. The lowest BCUT2D eigenvalue weighted by Gasteiger charge is -2.16. The van der Waals surface area contributed by atoms with Crippen LogP contribution in [0.25, 0.3) is 10.8 Å². The van der Waals surface area contributed by atoms with E-state index in [0.717, 1.165) is 25.7 Å². The van der Waals surface area contributed by atoms with Gasteiger partial charge in [0.2, 0.25) is 0 Å². The molecule has 0 N–H and O–H groups in total. The first-order chi connectivity index (χ1) is 13.5. The molecule has 2 aromatic rings. The van der Waals surface area contributed by atoms with Crippen LogP contribution < -0.4 is 18.9 Å². The average Bonchev–Trinajstić information content (AvgIpc) is 2.71. The van der Waals surface area contributed by atoms with Gasteiger partial charge in [-0.15, -0.1) is 0 Å². The molecule has 0 aliphatic carbocycles. The SMILES string of the molecule is CCCCC(=O)Oc1cc(OC)c(OC(=O)CCCC)c2ccc(OC)cc12. The number of fused-ring (bicyclic) bond motifs is 1. The van der Waals surface area contributed by atoms with Gasteiger partial charge in [0.15, 0.2) is 11.5 Å². The second-order valence-electron chi connectivity index (χ2n) is 6.47. The Kier molecular flexibility index (Phi) is 8.11. The molecule has 0 saturated carbocycles. The van der Waals surface area contributed by atoms with Crippen molar-refractivity contribution in [1.82, 2.24) is 0 Å². The zero-order valence-electron chi connectivity index (χ0n) is 17.0. The molecule has 0 unspecified atom stereocenters. The average molecular weight is 388 g/mol. The van der Waals surface area contributed by atoms with Gasteiger partial charge in [-0.3, -0.25) is 9.59 Å². The highest BCUT2D eigenvalue weighted by Crippen LogP contribution is 2.43. The second kappa shape index (κ2) is 10.5. The Bertz CT molecular complexity index is 827. The van der Waals surface area contributed by atoms with Crippen molar-refractivity contribution in [3.63, 3.8) is 0 Å². The molecule has 2 aromatic carbocycles. The van der Waals surface area contributed by atoms with Crippen LogP contribution in [-0.2, 0) is 9.59 Å². The van der Waals surface area contributed by atoms with Crippen LogP contribution in [0.1, 0.15) is 52.4 Å². The summed E-state index contributed by atoms with van der Waals surface area (Å²) in [6.07, 6.45) is 3.96. The maximum atomic E-state index is 12.2. The fourth-order valence-electron chi connectivity index (χ4n) is 2.77. The normalized spacial score (nSPS) is 10.6. The Labute approximate surface area is 165 Å². The van der Waals surface area contributed by atoms with E-state index in [1.54, 1.807) is 31.4 Å². The molecule has 0 bridgehead atoms. The van der Waals surface area contributed by atoms with Gasteiger partial charge in [-0.1, -0.05) is 26.7 Å². The van der Waals surface area contributed by atoms with Gasteiger partial charge in [0, 0.05) is 29.7 Å². The summed E-state index contributed by atoms with van der Waals surface area (Å²) in [5.41, 5.74) is 0. The highest BCUT2D eigenvalue weighted by Gasteiger charge is 2.20. The van der Waals surface area contributed by atoms with E-state index in [0.29, 0.717) is 46.6 Å². The Morgan fingerprint density at radius 2 is 1.43 bits per heavy atom. The first kappa shape index (κ1) is 21.5. The van der Waals surface area contributed by atoms with Crippen molar-refractivity contribution < 1.29 is 28.5 Å². The van der Waals surface area contributed by atoms with Gasteiger partial charge in [-0.05, 0) is 31.0 Å². The minimum absolute atomic E-state index is 0.314. The molecule has 152 valence electrons. The van der Waals surface area contributed by atoms with Gasteiger partial charge < -0.3 is 18.9 Å². The molecule has 0 amide bonds. The molecule has 2 rings (SSSR count). The number of rotatable bonds is 10. The van der Waals surface area contributed by atoms with Gasteiger partial charge in [0.25, 0.3) is 0 Å². The molecular formula is C22H28O6. The summed E-state index contributed by atoms with van der Waals surface area (Å²) < 4.78 is 21.9. The number of hydrogen-bond donors (Lipinski definition) is 0. The van der Waals surface area contributed by atoms with Crippen molar-refractivity contribution >= 4 is 22.7 Å². The summed E-state index contributed by atoms with van der Waals surface area (Å²) in [5, 5.41) is 1.23. The molecule has 6 heteroatoms. The molecule has 0 aromatic heterocycles. The lowest BCUT2D eigenvalue weighted by molar-refractivity contribution is -0.135. The molecular weight excluding hydrogens is 360 g/mol. The quantitative estimate of drug-likeness (QED) is 0.419. The van der Waals surface area contributed by atoms with E-state index in [1.165, 1.54) is 7.11 Å². The molecule has 28 heavy (non-hydrogen) atoms. The van der Waals surface area contributed by atoms with E-state index < -0.39 is 0 Å². The summed E-state index contributed by atoms with van der Waals surface area (Å²) in [6.45, 7) is 4.02. The maximum Gasteiger partial charge on any atom is 0.311 e. The summed E-state index contributed by atoms with van der Waals surface area (Å²) in [5.74, 6) is 0.952. The number of esters is 2. The number of carbonyl (C=O) groups excluding carboxylic acids is 2. The topological polar surface area (TPSA) is 71.1 Å². The summed E-state index contributed by atoms with van der Waals surface area (Å²) in [6, 6.07) is 6.85. The minimum atomic E-state index is -0.329. The van der Waals surface area contributed by atoms with E-state index in [-0.39, 0.29) is 11.9 Å². The van der Waals surface area contributed by atoms with Gasteiger partial charge in [-0.25, -0.2) is 0 Å². The lowest BCUT2D eigenvalue weighted by Crippen LogP contribution is -2.10. The maximum absolute atomic E-state index is 12.2. The van der Waals surface area contributed by atoms with Crippen LogP contribution >= 0.6 is 0 Å². The Hall–Kier alpha value is -2.76. The molecule has 0 aliphatic heterocycles. The molecule has 6 nitrogen and oxygen atoms in total. The van der Waals surface area contributed by atoms with Crippen LogP contribution in [0, 0.1) is 0 Å². The largest absolute Gasteiger partial charge is 0.497 e. The standard InChI is InChI=1S/C22H28O6/c1-5-7-9-20(23)27-18-14-19(26-4)22(28-21(24)10-8-6-2)16-12-11-15(25-3)13-17(16)18/h11-14H,5-10H2,1-4H3. The predicted octanol–water partition coefficient (Wildman–Crippen LogP) is 5.05. The van der Waals surface area contributed by atoms with Crippen molar-refractivity contribution in [2.75, 3.05) is 14.2 Å². The Morgan fingerprint density at radius 1 is 0.786 bits per heavy atom. The van der Waals surface area contributed by atoms with Crippen molar-refractivity contribution in [2.45, 2.75) is 52.4 Å². The fourth-order valence-corrected chi connectivity index (χ4v) is 2.77. The zero-order chi connectivity index (χ0) is 20.5. The zero-order valence-corrected chi connectivity index (χ0v) is 17.0. The Balaban J connectivity index is 2.50. The fraction of sp³-hybridized carbons (Fsp3) is 0.455. The van der Waals surface area contributed by atoms with Crippen LogP contribution in [0.3, 0.4) is 0 Å². The van der Waals surface area contributed by atoms with E-state index in [9.17, 15) is 9.59 Å². The number of ether oxygens (including phenoxy) is 4. The molecule has 0 saturated heterocycles. The van der Waals surface area contributed by atoms with E-state index in [1.807, 2.05) is 13.8 Å². The van der Waals surface area contributed by atoms with E-state index in [2.05, 4.69) is 0 Å². The van der Waals surface area contributed by atoms with Crippen molar-refractivity contribution in [2.24, 2.45) is 0 Å². The number of benzene rings is 2. The van der Waals surface area contributed by atoms with Gasteiger partial charge in [-0.2, -0.15) is 0 Å². The number of carbonyl (C=O) groups is 2. The number of hydrogen-bond acceptors (Lipinski definition) is 6. The van der Waals surface area contributed by atoms with Crippen LogP contribution in [0.4, 0.5) is 0 Å². The third kappa shape index (κ3) is 5.38. The molecule has 0 radical (unpaired) electrons. The van der Waals surface area contributed by atoms with Crippen molar-refractivity contribution in [3.8, 4) is 23.0 Å². The van der Waals surface area contributed by atoms with E-state index in [4.69, 9.17) is 18.9 Å². The van der Waals surface area contributed by atoms with Gasteiger partial charge in [0.05, 0.1) is 14.2 Å². The predicted molar refractivity (Wildman–Crippen MR) is 107 cm³/mol. The molecule has 0 fully saturated rings. The molecule has 0 spiro atoms. The van der Waals surface area contributed by atoms with Crippen LogP contribution in [0.15, 0.2) is 24.3 Å². The van der Waals surface area contributed by atoms with Crippen molar-refractivity contribution in [1.29, 1.82) is 0 Å². The summed E-state index contributed by atoms with van der Waals surface area (Å²) >= 11 is 0. The van der Waals surface area contributed by atoms with Gasteiger partial charge >= 0.3 is 11.9 Å². The van der Waals surface area contributed by atoms with Crippen LogP contribution in [0.2, 0.25) is 0 Å². The van der Waals surface area contributed by atoms with Crippen LogP contribution in [-0.4, -0.2) is 26.2 Å². The highest BCUT2D eigenvalue weighted by molar-refractivity contribution is 5.99. The third-order valence-corrected chi connectivity index (χ3v) is 4.35. The van der Waals surface area contributed by atoms with E-state index >= 15 is 0 Å². The van der Waals surface area contributed by atoms with Crippen molar-refractivity contribution in [3.05, 3.63) is 24.3 Å². The summed E-state index contributed by atoms with van der Waals surface area (Å²) in [7, 11) is 3.04. The molecule has 0 heterocycles. The number of unbranched alkanes of at least 4 members (excludes halogenated alkanes) is 2. The third-order valence-electron chi connectivity index (χ3n) is 4.35. The minimum Gasteiger partial charge on any atom is -0.497 e. The first-order valence-corrected chi connectivity index (χ1v) is 9.64. The molecule has 0 aliphatic rings. The second-order valence-corrected chi connectivity index (χ2v) is 6.47.